The monoisotopic (exact) mass is 354 g/mol. The summed E-state index contributed by atoms with van der Waals surface area (Å²) in [5.41, 5.74) is 3.02. The van der Waals surface area contributed by atoms with Gasteiger partial charge < -0.3 is 14.4 Å². The summed E-state index contributed by atoms with van der Waals surface area (Å²) in [5, 5.41) is 0.557. The van der Waals surface area contributed by atoms with Crippen molar-refractivity contribution in [2.75, 3.05) is 19.1 Å². The van der Waals surface area contributed by atoms with Crippen LogP contribution in [0.5, 0.6) is 11.5 Å². The predicted molar refractivity (Wildman–Crippen MR) is 99.1 cm³/mol. The highest BCUT2D eigenvalue weighted by Gasteiger charge is 2.45. The Morgan fingerprint density at radius 3 is 2.32 bits per heavy atom. The summed E-state index contributed by atoms with van der Waals surface area (Å²) >= 11 is 5.61. The molecule has 2 heterocycles. The quantitative estimate of drug-likeness (QED) is 0.793. The molecule has 5 nitrogen and oxygen atoms in total. The lowest BCUT2D eigenvalue weighted by Crippen LogP contribution is -2.40. The molecule has 1 amide bonds. The van der Waals surface area contributed by atoms with Gasteiger partial charge in [0.1, 0.15) is 6.04 Å². The van der Waals surface area contributed by atoms with Gasteiger partial charge in [-0.25, -0.2) is 0 Å². The third-order valence-electron chi connectivity index (χ3n) is 4.79. The van der Waals surface area contributed by atoms with E-state index in [1.54, 1.807) is 19.1 Å². The van der Waals surface area contributed by atoms with Crippen molar-refractivity contribution in [2.24, 2.45) is 0 Å². The molecule has 0 saturated carbocycles. The average Bonchev–Trinajstić information content (AvgIpc) is 2.89. The lowest BCUT2D eigenvalue weighted by molar-refractivity contribution is -0.119. The van der Waals surface area contributed by atoms with Crippen LogP contribution in [0.2, 0.25) is 0 Å². The molecule has 1 atom stereocenters. The predicted octanol–water partition coefficient (Wildman–Crippen LogP) is 2.76. The molecule has 0 spiro atoms. The van der Waals surface area contributed by atoms with Crippen LogP contribution in [0.25, 0.3) is 0 Å². The molecule has 2 aromatic rings. The number of carbonyl (C=O) groups is 1. The summed E-state index contributed by atoms with van der Waals surface area (Å²) in [7, 11) is 3.24. The number of methoxy groups -OCH3 is 2. The number of fused-ring (bicyclic) bond motifs is 2. The molecule has 2 aromatic carbocycles. The second kappa shape index (κ2) is 6.04. The largest absolute Gasteiger partial charge is 0.493 e. The molecule has 6 heteroatoms. The maximum Gasteiger partial charge on any atom is 0.256 e. The van der Waals surface area contributed by atoms with E-state index in [4.69, 9.17) is 21.7 Å². The molecule has 0 N–H and O–H groups in total. The van der Waals surface area contributed by atoms with Crippen LogP contribution in [0.3, 0.4) is 0 Å². The number of nitrogens with zero attached hydrogens (tertiary/aromatic N) is 2. The van der Waals surface area contributed by atoms with Gasteiger partial charge in [0.25, 0.3) is 5.91 Å². The minimum absolute atomic E-state index is 0.0247. The van der Waals surface area contributed by atoms with Crippen molar-refractivity contribution >= 4 is 28.9 Å². The molecule has 25 heavy (non-hydrogen) atoms. The van der Waals surface area contributed by atoms with Gasteiger partial charge in [-0.3, -0.25) is 9.69 Å². The topological polar surface area (TPSA) is 42.0 Å². The molecule has 2 aliphatic rings. The van der Waals surface area contributed by atoms with Crippen LogP contribution in [0.15, 0.2) is 42.5 Å². The zero-order valence-electron chi connectivity index (χ0n) is 14.1. The molecule has 1 saturated heterocycles. The maximum atomic E-state index is 13.0. The molecule has 2 aliphatic heterocycles. The minimum atomic E-state index is -0.265. The van der Waals surface area contributed by atoms with Crippen molar-refractivity contribution in [3.63, 3.8) is 0 Å². The Morgan fingerprint density at radius 2 is 1.68 bits per heavy atom. The lowest BCUT2D eigenvalue weighted by Gasteiger charge is -2.31. The lowest BCUT2D eigenvalue weighted by atomic mass is 9.94. The van der Waals surface area contributed by atoms with Crippen molar-refractivity contribution < 1.29 is 14.3 Å². The first kappa shape index (κ1) is 15.9. The van der Waals surface area contributed by atoms with Crippen LogP contribution in [0, 0.1) is 0 Å². The van der Waals surface area contributed by atoms with Gasteiger partial charge >= 0.3 is 0 Å². The molecule has 1 fully saturated rings. The molecule has 0 aliphatic carbocycles. The van der Waals surface area contributed by atoms with E-state index in [1.165, 1.54) is 0 Å². The van der Waals surface area contributed by atoms with Gasteiger partial charge in [0, 0.05) is 13.0 Å². The van der Waals surface area contributed by atoms with Gasteiger partial charge in [0.15, 0.2) is 16.6 Å². The summed E-state index contributed by atoms with van der Waals surface area (Å²) in [6, 6.07) is 13.2. The van der Waals surface area contributed by atoms with Gasteiger partial charge in [0.05, 0.1) is 19.9 Å². The molecule has 4 rings (SSSR count). The first-order valence-corrected chi connectivity index (χ1v) is 8.48. The zero-order chi connectivity index (χ0) is 17.6. The second-order valence-electron chi connectivity index (χ2n) is 6.12. The molecule has 0 aromatic heterocycles. The van der Waals surface area contributed by atoms with E-state index >= 15 is 0 Å². The number of rotatable bonds is 3. The number of benzene rings is 2. The van der Waals surface area contributed by atoms with Gasteiger partial charge in [0.2, 0.25) is 0 Å². The van der Waals surface area contributed by atoms with Crippen LogP contribution >= 0.6 is 12.2 Å². The summed E-state index contributed by atoms with van der Waals surface area (Å²) in [6.45, 7) is 0.592. The summed E-state index contributed by atoms with van der Waals surface area (Å²) in [4.78, 5) is 16.6. The standard InChI is InChI=1S/C19H18N2O3S/c1-23-16-9-12-8-15-18(22)21(14-6-4-3-5-7-14)19(25)20(15)11-13(12)10-17(16)24-2/h3-7,9-10,15H,8,11H2,1-2H3/t15-/m0/s1. The normalized spacial score (nSPS) is 18.9. The Bertz CT molecular complexity index is 802. The number of ether oxygens (including phenoxy) is 2. The van der Waals surface area contributed by atoms with Gasteiger partial charge in [-0.15, -0.1) is 0 Å². The van der Waals surface area contributed by atoms with Gasteiger partial charge in [-0.2, -0.15) is 0 Å². The van der Waals surface area contributed by atoms with Crippen molar-refractivity contribution in [1.82, 2.24) is 4.90 Å². The van der Waals surface area contributed by atoms with E-state index in [-0.39, 0.29) is 11.9 Å². The van der Waals surface area contributed by atoms with Crippen LogP contribution in [0.1, 0.15) is 11.1 Å². The van der Waals surface area contributed by atoms with Crippen molar-refractivity contribution in [2.45, 2.75) is 19.0 Å². The second-order valence-corrected chi connectivity index (χ2v) is 6.48. The Balaban J connectivity index is 1.71. The zero-order valence-corrected chi connectivity index (χ0v) is 14.9. The number of para-hydroxylation sites is 1. The summed E-state index contributed by atoms with van der Waals surface area (Å²) in [5.74, 6) is 1.40. The van der Waals surface area contributed by atoms with E-state index < -0.39 is 0 Å². The fraction of sp³-hybridized carbons (Fsp3) is 0.263. The smallest absolute Gasteiger partial charge is 0.256 e. The number of anilines is 1. The first-order chi connectivity index (χ1) is 12.1. The fourth-order valence-electron chi connectivity index (χ4n) is 3.52. The van der Waals surface area contributed by atoms with Crippen molar-refractivity contribution in [3.8, 4) is 11.5 Å². The van der Waals surface area contributed by atoms with Crippen molar-refractivity contribution in [3.05, 3.63) is 53.6 Å². The Kier molecular flexibility index (Phi) is 3.84. The number of carbonyl (C=O) groups excluding carboxylic acids is 1. The van der Waals surface area contributed by atoms with E-state index in [1.807, 2.05) is 47.4 Å². The highest BCUT2D eigenvalue weighted by molar-refractivity contribution is 7.80. The van der Waals surface area contributed by atoms with Crippen molar-refractivity contribution in [1.29, 1.82) is 0 Å². The third kappa shape index (κ3) is 2.44. The Labute approximate surface area is 151 Å². The molecular weight excluding hydrogens is 336 g/mol. The van der Waals surface area contributed by atoms with E-state index in [0.29, 0.717) is 29.6 Å². The van der Waals surface area contributed by atoms with Gasteiger partial charge in [-0.05, 0) is 47.6 Å². The Morgan fingerprint density at radius 1 is 1.04 bits per heavy atom. The summed E-state index contributed by atoms with van der Waals surface area (Å²) < 4.78 is 10.8. The Hall–Kier alpha value is -2.60. The third-order valence-corrected chi connectivity index (χ3v) is 5.21. The number of hydrogen-bond acceptors (Lipinski definition) is 4. The number of thiocarbonyl (C=S) groups is 1. The van der Waals surface area contributed by atoms with Gasteiger partial charge in [-0.1, -0.05) is 18.2 Å². The number of hydrogen-bond donors (Lipinski definition) is 0. The highest BCUT2D eigenvalue weighted by Crippen LogP contribution is 2.38. The average molecular weight is 354 g/mol. The minimum Gasteiger partial charge on any atom is -0.493 e. The SMILES string of the molecule is COc1cc2c(cc1OC)CN1C(=S)N(c3ccccc3)C(=O)[C@@H]1C2. The molecule has 128 valence electrons. The summed E-state index contributed by atoms with van der Waals surface area (Å²) in [6.07, 6.45) is 0.609. The van der Waals surface area contributed by atoms with Crippen LogP contribution in [-0.4, -0.2) is 36.2 Å². The van der Waals surface area contributed by atoms with E-state index in [0.717, 1.165) is 16.8 Å². The molecule has 0 unspecified atom stereocenters. The van der Waals surface area contributed by atoms with Crippen LogP contribution in [-0.2, 0) is 17.8 Å². The van der Waals surface area contributed by atoms with Crippen LogP contribution in [0.4, 0.5) is 5.69 Å². The molecular formula is C19H18N2O3S. The highest BCUT2D eigenvalue weighted by atomic mass is 32.1. The maximum absolute atomic E-state index is 13.0. The molecule has 0 bridgehead atoms. The fourth-order valence-corrected chi connectivity index (χ4v) is 3.91. The van der Waals surface area contributed by atoms with E-state index in [2.05, 4.69) is 0 Å². The van der Waals surface area contributed by atoms with Crippen LogP contribution < -0.4 is 14.4 Å². The number of amides is 1. The first-order valence-electron chi connectivity index (χ1n) is 8.07. The molecule has 0 radical (unpaired) electrons. The van der Waals surface area contributed by atoms with E-state index in [9.17, 15) is 4.79 Å².